The van der Waals surface area contributed by atoms with Gasteiger partial charge in [-0.2, -0.15) is 5.10 Å². The Kier molecular flexibility index (Phi) is 2.75. The van der Waals surface area contributed by atoms with E-state index in [4.69, 9.17) is 10.5 Å². The molecule has 0 fully saturated rings. The summed E-state index contributed by atoms with van der Waals surface area (Å²) in [5, 5.41) is 4.11. The van der Waals surface area contributed by atoms with Crippen LogP contribution in [0.15, 0.2) is 18.2 Å². The first-order chi connectivity index (χ1) is 8.04. The largest absolute Gasteiger partial charge is 0.496 e. The molecule has 0 spiro atoms. The van der Waals surface area contributed by atoms with Gasteiger partial charge in [-0.3, -0.25) is 4.68 Å². The summed E-state index contributed by atoms with van der Waals surface area (Å²) in [6, 6.07) is 4.33. The standard InChI is InChI=1S/C12H14FN3O/c1-7-11(12(14)15-16(7)2)9-6-8(13)4-5-10(9)17-3/h4-6H,1-3H3,(H2,14,15). The van der Waals surface area contributed by atoms with Crippen LogP contribution in [0.2, 0.25) is 0 Å². The van der Waals surface area contributed by atoms with E-state index in [1.807, 2.05) is 6.92 Å². The SMILES string of the molecule is COc1ccc(F)cc1-c1c(N)nn(C)c1C. The van der Waals surface area contributed by atoms with E-state index in [2.05, 4.69) is 5.10 Å². The van der Waals surface area contributed by atoms with E-state index in [1.165, 1.54) is 12.1 Å². The topological polar surface area (TPSA) is 53.1 Å². The molecule has 1 aromatic heterocycles. The summed E-state index contributed by atoms with van der Waals surface area (Å²) in [6.07, 6.45) is 0. The highest BCUT2D eigenvalue weighted by atomic mass is 19.1. The van der Waals surface area contributed by atoms with Crippen LogP contribution >= 0.6 is 0 Å². The number of nitrogens with two attached hydrogens (primary N) is 1. The van der Waals surface area contributed by atoms with E-state index in [-0.39, 0.29) is 5.82 Å². The van der Waals surface area contributed by atoms with Crippen molar-refractivity contribution in [2.24, 2.45) is 7.05 Å². The lowest BCUT2D eigenvalue weighted by atomic mass is 10.0. The Bertz CT molecular complexity index is 563. The van der Waals surface area contributed by atoms with Crippen molar-refractivity contribution in [1.29, 1.82) is 0 Å². The van der Waals surface area contributed by atoms with Crippen molar-refractivity contribution in [3.05, 3.63) is 29.7 Å². The van der Waals surface area contributed by atoms with Gasteiger partial charge >= 0.3 is 0 Å². The van der Waals surface area contributed by atoms with Crippen LogP contribution in [-0.2, 0) is 7.05 Å². The highest BCUT2D eigenvalue weighted by molar-refractivity contribution is 5.80. The van der Waals surface area contributed by atoms with Crippen LogP contribution in [0, 0.1) is 12.7 Å². The lowest BCUT2D eigenvalue weighted by Gasteiger charge is -2.08. The van der Waals surface area contributed by atoms with Crippen LogP contribution in [0.5, 0.6) is 5.75 Å². The van der Waals surface area contributed by atoms with Crippen LogP contribution in [0.25, 0.3) is 11.1 Å². The average Bonchev–Trinajstić information content (AvgIpc) is 2.53. The summed E-state index contributed by atoms with van der Waals surface area (Å²) in [6.45, 7) is 1.88. The number of anilines is 1. The van der Waals surface area contributed by atoms with Crippen LogP contribution in [0.3, 0.4) is 0 Å². The Morgan fingerprint density at radius 1 is 1.41 bits per heavy atom. The molecule has 5 heteroatoms. The normalized spacial score (nSPS) is 10.6. The molecule has 17 heavy (non-hydrogen) atoms. The summed E-state index contributed by atoms with van der Waals surface area (Å²) in [5.74, 6) is 0.617. The highest BCUT2D eigenvalue weighted by Crippen LogP contribution is 2.36. The van der Waals surface area contributed by atoms with Gasteiger partial charge < -0.3 is 10.5 Å². The first kappa shape index (κ1) is 11.4. The molecule has 0 amide bonds. The first-order valence-corrected chi connectivity index (χ1v) is 5.17. The summed E-state index contributed by atoms with van der Waals surface area (Å²) < 4.78 is 20.2. The second-order valence-corrected chi connectivity index (χ2v) is 3.81. The van der Waals surface area contributed by atoms with Crippen LogP contribution in [-0.4, -0.2) is 16.9 Å². The average molecular weight is 235 g/mol. The molecule has 0 bridgehead atoms. The minimum atomic E-state index is -0.330. The lowest BCUT2D eigenvalue weighted by molar-refractivity contribution is 0.415. The van der Waals surface area contributed by atoms with E-state index < -0.39 is 0 Å². The molecule has 0 saturated heterocycles. The predicted molar refractivity (Wildman–Crippen MR) is 64.3 cm³/mol. The highest BCUT2D eigenvalue weighted by Gasteiger charge is 2.17. The van der Waals surface area contributed by atoms with E-state index in [0.29, 0.717) is 22.7 Å². The third kappa shape index (κ3) is 1.84. The summed E-state index contributed by atoms with van der Waals surface area (Å²) in [5.41, 5.74) is 8.04. The van der Waals surface area contributed by atoms with Gasteiger partial charge in [0.2, 0.25) is 0 Å². The number of ether oxygens (including phenoxy) is 1. The number of methoxy groups -OCH3 is 1. The summed E-state index contributed by atoms with van der Waals surface area (Å²) >= 11 is 0. The molecule has 2 aromatic rings. The minimum absolute atomic E-state index is 0.330. The zero-order valence-corrected chi connectivity index (χ0v) is 9.99. The molecule has 0 radical (unpaired) electrons. The molecule has 4 nitrogen and oxygen atoms in total. The van der Waals surface area contributed by atoms with E-state index in [0.717, 1.165) is 5.69 Å². The molecular formula is C12H14FN3O. The van der Waals surface area contributed by atoms with Gasteiger partial charge in [0.15, 0.2) is 5.82 Å². The van der Waals surface area contributed by atoms with E-state index >= 15 is 0 Å². The molecule has 0 saturated carbocycles. The number of aryl methyl sites for hydroxylation is 1. The van der Waals surface area contributed by atoms with Gasteiger partial charge in [0, 0.05) is 18.3 Å². The van der Waals surface area contributed by atoms with Gasteiger partial charge in [-0.15, -0.1) is 0 Å². The first-order valence-electron chi connectivity index (χ1n) is 5.17. The van der Waals surface area contributed by atoms with Crippen molar-refractivity contribution in [3.63, 3.8) is 0 Å². The number of nitrogens with zero attached hydrogens (tertiary/aromatic N) is 2. The Balaban J connectivity index is 2.71. The fourth-order valence-corrected chi connectivity index (χ4v) is 1.84. The molecule has 1 heterocycles. The van der Waals surface area contributed by atoms with Crippen LogP contribution in [0.4, 0.5) is 10.2 Å². The monoisotopic (exact) mass is 235 g/mol. The number of hydrogen-bond donors (Lipinski definition) is 1. The molecule has 2 rings (SSSR count). The third-order valence-corrected chi connectivity index (χ3v) is 2.79. The number of rotatable bonds is 2. The fraction of sp³-hybridized carbons (Fsp3) is 0.250. The zero-order valence-electron chi connectivity index (χ0n) is 9.99. The van der Waals surface area contributed by atoms with Crippen molar-refractivity contribution in [2.45, 2.75) is 6.92 Å². The van der Waals surface area contributed by atoms with Gasteiger partial charge in [0.1, 0.15) is 11.6 Å². The van der Waals surface area contributed by atoms with Gasteiger partial charge in [-0.25, -0.2) is 4.39 Å². The Labute approximate surface area is 98.8 Å². The summed E-state index contributed by atoms with van der Waals surface area (Å²) in [4.78, 5) is 0. The van der Waals surface area contributed by atoms with Crippen LogP contribution < -0.4 is 10.5 Å². The molecule has 0 unspecified atom stereocenters. The second kappa shape index (κ2) is 4.08. The minimum Gasteiger partial charge on any atom is -0.496 e. The molecule has 2 N–H and O–H groups in total. The van der Waals surface area contributed by atoms with E-state index in [1.54, 1.807) is 24.9 Å². The molecule has 0 aliphatic heterocycles. The zero-order chi connectivity index (χ0) is 12.6. The van der Waals surface area contributed by atoms with E-state index in [9.17, 15) is 4.39 Å². The summed E-state index contributed by atoms with van der Waals surface area (Å²) in [7, 11) is 3.33. The molecule has 0 atom stereocenters. The molecule has 90 valence electrons. The molecular weight excluding hydrogens is 221 g/mol. The van der Waals surface area contributed by atoms with Gasteiger partial charge in [-0.05, 0) is 25.1 Å². The van der Waals surface area contributed by atoms with Crippen molar-refractivity contribution in [2.75, 3.05) is 12.8 Å². The maximum atomic E-state index is 13.3. The lowest BCUT2D eigenvalue weighted by Crippen LogP contribution is -1.94. The van der Waals surface area contributed by atoms with Gasteiger partial charge in [0.25, 0.3) is 0 Å². The number of hydrogen-bond acceptors (Lipinski definition) is 3. The Morgan fingerprint density at radius 2 is 2.12 bits per heavy atom. The number of benzene rings is 1. The van der Waals surface area contributed by atoms with Gasteiger partial charge in [-0.1, -0.05) is 0 Å². The second-order valence-electron chi connectivity index (χ2n) is 3.81. The molecule has 0 aliphatic carbocycles. The number of aromatic nitrogens is 2. The smallest absolute Gasteiger partial charge is 0.153 e. The van der Waals surface area contributed by atoms with Crippen molar-refractivity contribution < 1.29 is 9.13 Å². The van der Waals surface area contributed by atoms with Gasteiger partial charge in [0.05, 0.1) is 12.7 Å². The van der Waals surface area contributed by atoms with Crippen molar-refractivity contribution in [3.8, 4) is 16.9 Å². The number of nitrogen functional groups attached to an aromatic ring is 1. The van der Waals surface area contributed by atoms with Crippen LogP contribution in [0.1, 0.15) is 5.69 Å². The maximum absolute atomic E-state index is 13.3. The predicted octanol–water partition coefficient (Wildman–Crippen LogP) is 2.13. The fourth-order valence-electron chi connectivity index (χ4n) is 1.84. The Hall–Kier alpha value is -2.04. The van der Waals surface area contributed by atoms with Crippen molar-refractivity contribution >= 4 is 5.82 Å². The Morgan fingerprint density at radius 3 is 2.65 bits per heavy atom. The third-order valence-electron chi connectivity index (χ3n) is 2.79. The quantitative estimate of drug-likeness (QED) is 0.867. The molecule has 1 aromatic carbocycles. The number of halogens is 1. The van der Waals surface area contributed by atoms with Crippen molar-refractivity contribution in [1.82, 2.24) is 9.78 Å². The maximum Gasteiger partial charge on any atom is 0.153 e. The molecule has 0 aliphatic rings.